The van der Waals surface area contributed by atoms with E-state index in [4.69, 9.17) is 0 Å². The van der Waals surface area contributed by atoms with E-state index in [1.165, 1.54) is 6.07 Å². The molecular formula is C16H22ClN7O2. The number of aromatic nitrogens is 5. The first-order valence-corrected chi connectivity index (χ1v) is 8.66. The molecule has 0 spiro atoms. The van der Waals surface area contributed by atoms with Crippen LogP contribution in [0.1, 0.15) is 36.3 Å². The number of hydrogen-bond donors (Lipinski definition) is 3. The van der Waals surface area contributed by atoms with Crippen LogP contribution in [0.25, 0.3) is 0 Å². The molecular weight excluding hydrogens is 358 g/mol. The molecule has 3 atom stereocenters. The SMILES string of the molecule is Cl.O=C(NCCCc1nn[nH]n1)[C@H]1[C@@H]2CNC[C@@H](C2)c2cccc(=O)n21. The molecule has 9 nitrogen and oxygen atoms in total. The highest BCUT2D eigenvalue weighted by atomic mass is 35.5. The van der Waals surface area contributed by atoms with Crippen molar-refractivity contribution in [1.82, 2.24) is 35.8 Å². The average Bonchev–Trinajstić information content (AvgIpc) is 3.13. The van der Waals surface area contributed by atoms with Gasteiger partial charge in [-0.15, -0.1) is 22.6 Å². The van der Waals surface area contributed by atoms with Crippen molar-refractivity contribution in [2.45, 2.75) is 31.2 Å². The fourth-order valence-corrected chi connectivity index (χ4v) is 3.98. The minimum atomic E-state index is -0.446. The number of tetrazole rings is 1. The number of fused-ring (bicyclic) bond motifs is 4. The van der Waals surface area contributed by atoms with Gasteiger partial charge in [0.15, 0.2) is 5.82 Å². The van der Waals surface area contributed by atoms with Gasteiger partial charge in [-0.25, -0.2) is 0 Å². The average molecular weight is 380 g/mol. The summed E-state index contributed by atoms with van der Waals surface area (Å²) in [6, 6.07) is 4.83. The van der Waals surface area contributed by atoms with Crippen LogP contribution in [0, 0.1) is 5.92 Å². The molecule has 1 amide bonds. The van der Waals surface area contributed by atoms with Gasteiger partial charge in [-0.1, -0.05) is 11.3 Å². The number of halogens is 1. The number of aromatic amines is 1. The molecule has 4 rings (SSSR count). The van der Waals surface area contributed by atoms with Gasteiger partial charge in [0, 0.05) is 49.7 Å². The van der Waals surface area contributed by atoms with E-state index in [0.29, 0.717) is 24.7 Å². The Bertz CT molecular complexity index is 807. The molecule has 2 aliphatic rings. The van der Waals surface area contributed by atoms with Gasteiger partial charge >= 0.3 is 0 Å². The lowest BCUT2D eigenvalue weighted by molar-refractivity contribution is -0.127. The van der Waals surface area contributed by atoms with E-state index in [-0.39, 0.29) is 29.8 Å². The van der Waals surface area contributed by atoms with Crippen LogP contribution in [0.15, 0.2) is 23.0 Å². The fraction of sp³-hybridized carbons (Fsp3) is 0.562. The molecule has 0 saturated carbocycles. The second-order valence-corrected chi connectivity index (χ2v) is 6.68. The number of nitrogens with one attached hydrogen (secondary N) is 3. The molecule has 0 radical (unpaired) electrons. The largest absolute Gasteiger partial charge is 0.354 e. The summed E-state index contributed by atoms with van der Waals surface area (Å²) in [4.78, 5) is 25.3. The van der Waals surface area contributed by atoms with Crippen LogP contribution in [0.5, 0.6) is 0 Å². The van der Waals surface area contributed by atoms with E-state index in [0.717, 1.165) is 31.6 Å². The van der Waals surface area contributed by atoms with E-state index >= 15 is 0 Å². The Balaban J connectivity index is 0.00000196. The smallest absolute Gasteiger partial charge is 0.251 e. The van der Waals surface area contributed by atoms with Gasteiger partial charge in [0.05, 0.1) is 0 Å². The molecule has 0 unspecified atom stereocenters. The summed E-state index contributed by atoms with van der Waals surface area (Å²) in [5.74, 6) is 0.987. The predicted molar refractivity (Wildman–Crippen MR) is 96.2 cm³/mol. The molecule has 3 N–H and O–H groups in total. The number of hydrogen-bond acceptors (Lipinski definition) is 6. The number of carbonyl (C=O) groups excluding carboxylic acids is 1. The van der Waals surface area contributed by atoms with Crippen molar-refractivity contribution in [2.24, 2.45) is 5.92 Å². The van der Waals surface area contributed by atoms with Crippen LogP contribution >= 0.6 is 12.4 Å². The van der Waals surface area contributed by atoms with E-state index in [9.17, 15) is 9.59 Å². The highest BCUT2D eigenvalue weighted by Gasteiger charge is 2.41. The number of aryl methyl sites for hydroxylation is 1. The molecule has 1 fully saturated rings. The maximum Gasteiger partial charge on any atom is 0.251 e. The van der Waals surface area contributed by atoms with Crippen molar-refractivity contribution in [3.63, 3.8) is 0 Å². The summed E-state index contributed by atoms with van der Waals surface area (Å²) in [5.41, 5.74) is 0.865. The zero-order valence-corrected chi connectivity index (χ0v) is 15.0. The number of nitrogens with zero attached hydrogens (tertiary/aromatic N) is 4. The van der Waals surface area contributed by atoms with Crippen molar-refractivity contribution >= 4 is 18.3 Å². The molecule has 0 aromatic carbocycles. The molecule has 140 valence electrons. The third-order valence-corrected chi connectivity index (χ3v) is 5.08. The highest BCUT2D eigenvalue weighted by molar-refractivity contribution is 5.85. The number of rotatable bonds is 5. The number of pyridine rings is 1. The molecule has 1 saturated heterocycles. The predicted octanol–water partition coefficient (Wildman–Crippen LogP) is -0.220. The Morgan fingerprint density at radius 3 is 3.04 bits per heavy atom. The van der Waals surface area contributed by atoms with Gasteiger partial charge in [-0.2, -0.15) is 5.21 Å². The van der Waals surface area contributed by atoms with E-state index in [1.807, 2.05) is 6.07 Å². The molecule has 26 heavy (non-hydrogen) atoms. The van der Waals surface area contributed by atoms with Crippen molar-refractivity contribution in [3.05, 3.63) is 40.1 Å². The highest BCUT2D eigenvalue weighted by Crippen LogP contribution is 2.38. The zero-order chi connectivity index (χ0) is 17.2. The first-order valence-electron chi connectivity index (χ1n) is 8.66. The summed E-state index contributed by atoms with van der Waals surface area (Å²) < 4.78 is 1.70. The number of H-pyrrole nitrogens is 1. The molecule has 2 bridgehead atoms. The van der Waals surface area contributed by atoms with Crippen LogP contribution in [0.2, 0.25) is 0 Å². The molecule has 10 heteroatoms. The van der Waals surface area contributed by atoms with Gasteiger partial charge in [0.25, 0.3) is 5.56 Å². The van der Waals surface area contributed by atoms with Crippen LogP contribution in [0.3, 0.4) is 0 Å². The third kappa shape index (κ3) is 3.49. The van der Waals surface area contributed by atoms with Crippen molar-refractivity contribution in [1.29, 1.82) is 0 Å². The van der Waals surface area contributed by atoms with E-state index in [2.05, 4.69) is 31.3 Å². The summed E-state index contributed by atoms with van der Waals surface area (Å²) in [5, 5.41) is 20.1. The van der Waals surface area contributed by atoms with Crippen LogP contribution in [-0.2, 0) is 11.2 Å². The molecule has 2 aromatic heterocycles. The Labute approximate surface area is 156 Å². The first kappa shape index (κ1) is 18.5. The summed E-state index contributed by atoms with van der Waals surface area (Å²) in [6.07, 6.45) is 2.31. The minimum Gasteiger partial charge on any atom is -0.354 e. The second kappa shape index (κ2) is 7.96. The number of piperidine rings is 1. The van der Waals surface area contributed by atoms with E-state index < -0.39 is 6.04 Å². The summed E-state index contributed by atoms with van der Waals surface area (Å²) >= 11 is 0. The van der Waals surface area contributed by atoms with Crippen LogP contribution in [-0.4, -0.2) is 50.7 Å². The first-order chi connectivity index (χ1) is 12.2. The Hall–Kier alpha value is -2.26. The molecule has 2 aromatic rings. The number of carbonyl (C=O) groups is 1. The summed E-state index contributed by atoms with van der Waals surface area (Å²) in [7, 11) is 0. The van der Waals surface area contributed by atoms with Gasteiger partial charge in [0.1, 0.15) is 6.04 Å². The summed E-state index contributed by atoms with van der Waals surface area (Å²) in [6.45, 7) is 2.14. The monoisotopic (exact) mass is 379 g/mol. The quantitative estimate of drug-likeness (QED) is 0.618. The normalized spacial score (nSPS) is 23.6. The lowest BCUT2D eigenvalue weighted by Gasteiger charge is -2.42. The van der Waals surface area contributed by atoms with Gasteiger partial charge < -0.3 is 10.6 Å². The topological polar surface area (TPSA) is 118 Å². The van der Waals surface area contributed by atoms with Crippen LogP contribution in [0.4, 0.5) is 0 Å². The Morgan fingerprint density at radius 2 is 2.23 bits per heavy atom. The van der Waals surface area contributed by atoms with Gasteiger partial charge in [0.2, 0.25) is 5.91 Å². The van der Waals surface area contributed by atoms with Crippen LogP contribution < -0.4 is 16.2 Å². The fourth-order valence-electron chi connectivity index (χ4n) is 3.98. The van der Waals surface area contributed by atoms with Gasteiger partial charge in [-0.3, -0.25) is 14.2 Å². The molecule has 2 aliphatic heterocycles. The van der Waals surface area contributed by atoms with Crippen molar-refractivity contribution in [2.75, 3.05) is 19.6 Å². The van der Waals surface area contributed by atoms with Crippen molar-refractivity contribution < 1.29 is 4.79 Å². The Kier molecular flexibility index (Phi) is 5.67. The lowest BCUT2D eigenvalue weighted by Crippen LogP contribution is -2.52. The zero-order valence-electron chi connectivity index (χ0n) is 14.2. The molecule has 4 heterocycles. The third-order valence-electron chi connectivity index (χ3n) is 5.08. The van der Waals surface area contributed by atoms with E-state index in [1.54, 1.807) is 10.6 Å². The minimum absolute atomic E-state index is 0. The molecule has 0 aliphatic carbocycles. The standard InChI is InChI=1S/C16H21N7O2.ClH/c24-14-5-1-3-12-10-7-11(9-17-8-10)15(23(12)14)16(25)18-6-2-4-13-19-21-22-20-13;/h1,3,5,10-11,15,17H,2,4,6-9H2,(H,18,25)(H,19,20,21,22);1H/t10-,11+,15-;/m1./s1. The second-order valence-electron chi connectivity index (χ2n) is 6.68. The lowest BCUT2D eigenvalue weighted by atomic mass is 9.79. The van der Waals surface area contributed by atoms with Gasteiger partial charge in [-0.05, 0) is 18.9 Å². The maximum atomic E-state index is 12.8. The van der Waals surface area contributed by atoms with Crippen molar-refractivity contribution in [3.8, 4) is 0 Å². The Morgan fingerprint density at radius 1 is 1.35 bits per heavy atom. The maximum absolute atomic E-state index is 12.8. The number of amides is 1.